The fourth-order valence-electron chi connectivity index (χ4n) is 3.25. The van der Waals surface area contributed by atoms with Crippen LogP contribution in [0.25, 0.3) is 6.08 Å². The molecule has 3 amide bonds. The molecule has 1 aromatic rings. The third kappa shape index (κ3) is 4.41. The molecule has 0 aromatic heterocycles. The predicted octanol–water partition coefficient (Wildman–Crippen LogP) is -2.61. The van der Waals surface area contributed by atoms with Gasteiger partial charge in [0, 0.05) is 25.2 Å². The summed E-state index contributed by atoms with van der Waals surface area (Å²) in [7, 11) is -4.60. The second-order valence-corrected chi connectivity index (χ2v) is 7.37. The fraction of sp³-hybridized carbons (Fsp3) is 0.312. The van der Waals surface area contributed by atoms with E-state index >= 15 is 0 Å². The van der Waals surface area contributed by atoms with E-state index in [1.54, 1.807) is 30.3 Å². The molecule has 27 heavy (non-hydrogen) atoms. The van der Waals surface area contributed by atoms with Crippen LogP contribution in [-0.4, -0.2) is 58.5 Å². The van der Waals surface area contributed by atoms with E-state index in [1.807, 2.05) is 0 Å². The second-order valence-electron chi connectivity index (χ2n) is 6.08. The van der Waals surface area contributed by atoms with Crippen molar-refractivity contribution in [3.63, 3.8) is 0 Å². The molecule has 2 saturated heterocycles. The molecule has 2 aliphatic rings. The summed E-state index contributed by atoms with van der Waals surface area (Å²) < 4.78 is 31.8. The maximum atomic E-state index is 12.4. The number of likely N-dealkylation sites (tertiary alicyclic amines) is 1. The molecule has 1 aromatic carbocycles. The number of benzene rings is 1. The zero-order valence-electron chi connectivity index (χ0n) is 15.8. The first-order valence-electron chi connectivity index (χ1n) is 7.85. The summed E-state index contributed by atoms with van der Waals surface area (Å²) in [5.74, 6) is -1.44. The number of β-lactam (4-membered cyclic amide) rings is 1. The van der Waals surface area contributed by atoms with Crippen LogP contribution in [0.2, 0.25) is 0 Å². The van der Waals surface area contributed by atoms with Crippen LogP contribution in [0.1, 0.15) is 20.3 Å². The molecule has 9 nitrogen and oxygen atoms in total. The molecule has 11 heteroatoms. The molecule has 0 unspecified atom stereocenters. The third-order valence-corrected chi connectivity index (χ3v) is 5.24. The number of anilines is 1. The van der Waals surface area contributed by atoms with Crippen molar-refractivity contribution in [2.24, 2.45) is 0 Å². The number of nitrogens with one attached hydrogen (secondary N) is 1. The van der Waals surface area contributed by atoms with Crippen molar-refractivity contribution >= 4 is 39.8 Å². The Labute approximate surface area is 180 Å². The minimum absolute atomic E-state index is 0. The number of carbonyl (C=O) groups excluding carboxylic acids is 3. The van der Waals surface area contributed by atoms with Crippen molar-refractivity contribution in [1.29, 1.82) is 0 Å². The number of hydrogen-bond acceptors (Lipinski definition) is 5. The molecule has 2 atom stereocenters. The average Bonchev–Trinajstić information content (AvgIpc) is 2.89. The summed E-state index contributed by atoms with van der Waals surface area (Å²) in [5, 5.41) is 2.64. The largest absolute Gasteiger partial charge is 1.00 e. The van der Waals surface area contributed by atoms with Crippen LogP contribution in [0.4, 0.5) is 5.69 Å². The van der Waals surface area contributed by atoms with Crippen LogP contribution in [0.15, 0.2) is 30.3 Å². The van der Waals surface area contributed by atoms with Gasteiger partial charge >= 0.3 is 39.9 Å². The molecule has 2 aliphatic heterocycles. The van der Waals surface area contributed by atoms with Crippen LogP contribution in [0, 0.1) is 0 Å². The van der Waals surface area contributed by atoms with Crippen molar-refractivity contribution in [1.82, 2.24) is 9.21 Å². The standard InChI is InChI=1S/C16H17N3O6S.Na.H/c1-10(20)17-12-4-2-3-11(9-12)5-6-14(21)18-8-7-13-15(18)16(22)19(13)26(23,24)25;;/h2-6,9,13,15H,7-8H2,1H3,(H,17,20)(H,23,24,25);;/q;+1;-1/b6-5-;;/t13-,15+;;/m1../s1. The molecule has 0 bridgehead atoms. The molecule has 3 rings (SSSR count). The average molecular weight is 403 g/mol. The second kappa shape index (κ2) is 8.11. The molecular weight excluding hydrogens is 385 g/mol. The summed E-state index contributed by atoms with van der Waals surface area (Å²) >= 11 is 0. The van der Waals surface area contributed by atoms with Gasteiger partial charge in [0.15, 0.2) is 0 Å². The maximum absolute atomic E-state index is 12.4. The maximum Gasteiger partial charge on any atom is 1.00 e. The molecule has 2 fully saturated rings. The zero-order chi connectivity index (χ0) is 19.1. The van der Waals surface area contributed by atoms with Crippen LogP contribution in [0.5, 0.6) is 0 Å². The predicted molar refractivity (Wildman–Crippen MR) is 93.2 cm³/mol. The topological polar surface area (TPSA) is 124 Å². The summed E-state index contributed by atoms with van der Waals surface area (Å²) in [6.45, 7) is 1.61. The first-order valence-corrected chi connectivity index (χ1v) is 9.25. The van der Waals surface area contributed by atoms with E-state index in [0.29, 0.717) is 15.6 Å². The van der Waals surface area contributed by atoms with Gasteiger partial charge in [-0.15, -0.1) is 0 Å². The SMILES string of the molecule is CC(=O)Nc1cccc(/C=C\C(=O)N2CC[C@@H]3[C@H]2C(=O)N3S(=O)(=O)O)c1.[H-].[Na+]. The van der Waals surface area contributed by atoms with Crippen molar-refractivity contribution in [2.75, 3.05) is 11.9 Å². The van der Waals surface area contributed by atoms with Crippen molar-refractivity contribution < 1.29 is 58.3 Å². The fourth-order valence-corrected chi connectivity index (χ4v) is 4.15. The van der Waals surface area contributed by atoms with Gasteiger partial charge in [-0.1, -0.05) is 12.1 Å². The van der Waals surface area contributed by atoms with E-state index in [4.69, 9.17) is 4.55 Å². The Bertz CT molecular complexity index is 923. The minimum atomic E-state index is -4.60. The Morgan fingerprint density at radius 3 is 2.70 bits per heavy atom. The molecular formula is C16H18N3NaO6S. The van der Waals surface area contributed by atoms with E-state index in [9.17, 15) is 22.8 Å². The van der Waals surface area contributed by atoms with Crippen LogP contribution < -0.4 is 34.9 Å². The summed E-state index contributed by atoms with van der Waals surface area (Å²) in [4.78, 5) is 36.7. The molecule has 2 N–H and O–H groups in total. The molecule has 0 spiro atoms. The van der Waals surface area contributed by atoms with E-state index in [2.05, 4.69) is 5.32 Å². The summed E-state index contributed by atoms with van der Waals surface area (Å²) in [6.07, 6.45) is 3.12. The van der Waals surface area contributed by atoms with E-state index in [1.165, 1.54) is 17.9 Å². The number of hydrogen-bond donors (Lipinski definition) is 2. The van der Waals surface area contributed by atoms with Crippen molar-refractivity contribution in [3.8, 4) is 0 Å². The Morgan fingerprint density at radius 1 is 1.37 bits per heavy atom. The van der Waals surface area contributed by atoms with Gasteiger partial charge in [-0.25, -0.2) is 4.31 Å². The van der Waals surface area contributed by atoms with E-state index in [-0.39, 0.29) is 49.9 Å². The van der Waals surface area contributed by atoms with Crippen molar-refractivity contribution in [3.05, 3.63) is 35.9 Å². The first kappa shape index (κ1) is 21.6. The summed E-state index contributed by atoms with van der Waals surface area (Å²) in [5.41, 5.74) is 1.27. The molecule has 0 saturated carbocycles. The molecule has 0 aliphatic carbocycles. The van der Waals surface area contributed by atoms with Gasteiger partial charge < -0.3 is 11.6 Å². The van der Waals surface area contributed by atoms with Gasteiger partial charge in [-0.2, -0.15) is 8.42 Å². The van der Waals surface area contributed by atoms with Gasteiger partial charge in [0.1, 0.15) is 6.04 Å². The van der Waals surface area contributed by atoms with E-state index < -0.39 is 34.2 Å². The van der Waals surface area contributed by atoms with Gasteiger partial charge in [-0.3, -0.25) is 18.9 Å². The smallest absolute Gasteiger partial charge is 1.00 e. The molecule has 2 heterocycles. The Hall–Kier alpha value is -1.72. The number of fused-ring (bicyclic) bond motifs is 1. The quantitative estimate of drug-likeness (QED) is 0.246. The number of amides is 3. The monoisotopic (exact) mass is 403 g/mol. The number of nitrogens with zero attached hydrogens (tertiary/aromatic N) is 2. The third-order valence-electron chi connectivity index (χ3n) is 4.29. The molecule has 140 valence electrons. The van der Waals surface area contributed by atoms with Gasteiger partial charge in [0.25, 0.3) is 5.91 Å². The Morgan fingerprint density at radius 2 is 2.07 bits per heavy atom. The van der Waals surface area contributed by atoms with Crippen molar-refractivity contribution in [2.45, 2.75) is 25.4 Å². The minimum Gasteiger partial charge on any atom is -1.00 e. The zero-order valence-corrected chi connectivity index (χ0v) is 17.6. The number of carbonyl (C=O) groups is 3. The first-order chi connectivity index (χ1) is 12.2. The van der Waals surface area contributed by atoms with Gasteiger partial charge in [0.2, 0.25) is 11.8 Å². The number of rotatable bonds is 4. The van der Waals surface area contributed by atoms with Gasteiger partial charge in [-0.05, 0) is 30.2 Å². The Kier molecular flexibility index (Phi) is 6.48. The normalized spacial score (nSPS) is 21.5. The van der Waals surface area contributed by atoms with Crippen LogP contribution in [-0.2, 0) is 24.7 Å². The Balaban J connectivity index is 0.00000196. The summed E-state index contributed by atoms with van der Waals surface area (Å²) in [6, 6.07) is 5.30. The van der Waals surface area contributed by atoms with Gasteiger partial charge in [0.05, 0.1) is 6.04 Å². The van der Waals surface area contributed by atoms with Crippen LogP contribution >= 0.6 is 0 Å². The van der Waals surface area contributed by atoms with Crippen LogP contribution in [0.3, 0.4) is 0 Å². The molecule has 0 radical (unpaired) electrons. The van der Waals surface area contributed by atoms with E-state index in [0.717, 1.165) is 0 Å².